The molecule has 0 bridgehead atoms. The maximum atomic E-state index is 14.4. The highest BCUT2D eigenvalue weighted by molar-refractivity contribution is 7.92. The maximum Gasteiger partial charge on any atom is 0.315 e. The first-order chi connectivity index (χ1) is 21.2. The summed E-state index contributed by atoms with van der Waals surface area (Å²) < 4.78 is 25.4. The number of nitrogens with zero attached hydrogens (tertiary/aromatic N) is 1. The number of hydrogen-bond donors (Lipinski definition) is 4. The normalized spacial score (nSPS) is 25.1. The molecular weight excluding hydrogens is 622 g/mol. The summed E-state index contributed by atoms with van der Waals surface area (Å²) in [4.78, 5) is 68.0. The number of fused-ring (bicyclic) bond motifs is 1. The van der Waals surface area contributed by atoms with Crippen molar-refractivity contribution in [3.05, 3.63) is 0 Å². The summed E-state index contributed by atoms with van der Waals surface area (Å²) in [5.74, 6) is -3.02. The van der Waals surface area contributed by atoms with E-state index in [-0.39, 0.29) is 34.8 Å². The van der Waals surface area contributed by atoms with E-state index in [2.05, 4.69) is 16.0 Å². The van der Waals surface area contributed by atoms with Crippen LogP contribution >= 0.6 is 0 Å². The zero-order chi connectivity index (χ0) is 36.1. The van der Waals surface area contributed by atoms with Crippen LogP contribution in [0.15, 0.2) is 0 Å². The first-order valence-electron chi connectivity index (χ1n) is 17.0. The molecule has 6 atom stereocenters. The van der Waals surface area contributed by atoms with E-state index in [9.17, 15) is 32.4 Å². The van der Waals surface area contributed by atoms with Gasteiger partial charge in [0.1, 0.15) is 12.1 Å². The third-order valence-corrected chi connectivity index (χ3v) is 13.4. The number of nitrogens with two attached hydrogens (primary N) is 1. The molecule has 0 aromatic carbocycles. The SMILES string of the molecule is CC(C)C[C@@](C)(CS(=O)(=O)C(C)(C)C)NC(=O)N[C@H](C(=O)N1CC2[C@@H]([C@H]1C(=O)NC(CC1CCC1)C(=O)C(N)=O)C2(C)C)C(C)(C)C. The van der Waals surface area contributed by atoms with E-state index in [1.165, 1.54) is 4.90 Å². The molecule has 0 aromatic rings. The van der Waals surface area contributed by atoms with Gasteiger partial charge < -0.3 is 26.6 Å². The predicted molar refractivity (Wildman–Crippen MR) is 181 cm³/mol. The van der Waals surface area contributed by atoms with E-state index in [4.69, 9.17) is 5.73 Å². The Bertz CT molecular complexity index is 1360. The molecule has 2 aliphatic carbocycles. The number of piperidine rings is 1. The largest absolute Gasteiger partial charge is 0.363 e. The van der Waals surface area contributed by atoms with Crippen molar-refractivity contribution in [3.63, 3.8) is 0 Å². The van der Waals surface area contributed by atoms with Crippen LogP contribution in [-0.2, 0) is 29.0 Å². The van der Waals surface area contributed by atoms with Gasteiger partial charge in [0.25, 0.3) is 5.91 Å². The second-order valence-electron chi connectivity index (χ2n) is 17.6. The van der Waals surface area contributed by atoms with Crippen LogP contribution in [0, 0.1) is 34.5 Å². The van der Waals surface area contributed by atoms with Gasteiger partial charge in [0, 0.05) is 6.54 Å². The lowest BCUT2D eigenvalue weighted by Crippen LogP contribution is -2.63. The molecule has 13 heteroatoms. The Morgan fingerprint density at radius 1 is 0.957 bits per heavy atom. The summed E-state index contributed by atoms with van der Waals surface area (Å²) >= 11 is 0. The van der Waals surface area contributed by atoms with Gasteiger partial charge in [-0.25, -0.2) is 13.2 Å². The van der Waals surface area contributed by atoms with E-state index in [1.54, 1.807) is 27.7 Å². The number of amides is 5. The molecule has 0 radical (unpaired) electrons. The second-order valence-corrected chi connectivity index (χ2v) is 20.4. The standard InChI is InChI=1S/C34H59N5O7S/c1-19(2)16-34(11,18-47(45,46)32(6,7)8)38-30(44)37-26(31(3,4)5)29(43)39-17-21-23(33(21,9)10)24(39)28(42)36-22(25(40)27(35)41)15-20-13-12-14-20/h19-24,26H,12-18H2,1-11H3,(H2,35,41)(H,36,42)(H2,37,38,44)/t21?,22?,23-,24-,26+,34-/m0/s1. The number of sulfone groups is 1. The van der Waals surface area contributed by atoms with Gasteiger partial charge in [0.15, 0.2) is 9.84 Å². The van der Waals surface area contributed by atoms with Crippen molar-refractivity contribution in [2.75, 3.05) is 12.3 Å². The Kier molecular flexibility index (Phi) is 11.0. The predicted octanol–water partition coefficient (Wildman–Crippen LogP) is 2.93. The van der Waals surface area contributed by atoms with Gasteiger partial charge in [-0.05, 0) is 75.0 Å². The van der Waals surface area contributed by atoms with Crippen molar-refractivity contribution in [2.24, 2.45) is 40.2 Å². The van der Waals surface area contributed by atoms with Crippen LogP contribution in [0.1, 0.15) is 108 Å². The monoisotopic (exact) mass is 681 g/mol. The quantitative estimate of drug-likeness (QED) is 0.215. The zero-order valence-corrected chi connectivity index (χ0v) is 31.1. The smallest absolute Gasteiger partial charge is 0.315 e. The number of rotatable bonds is 13. The van der Waals surface area contributed by atoms with E-state index < -0.39 is 73.2 Å². The van der Waals surface area contributed by atoms with Crippen molar-refractivity contribution in [1.29, 1.82) is 0 Å². The highest BCUT2D eigenvalue weighted by atomic mass is 32.2. The second kappa shape index (κ2) is 13.3. The summed E-state index contributed by atoms with van der Waals surface area (Å²) in [7, 11) is -3.60. The van der Waals surface area contributed by atoms with Crippen LogP contribution in [-0.4, -0.2) is 83.6 Å². The van der Waals surface area contributed by atoms with E-state index in [0.717, 1.165) is 19.3 Å². The average molecular weight is 682 g/mol. The topological polar surface area (TPSA) is 185 Å². The number of nitrogens with one attached hydrogen (secondary N) is 3. The van der Waals surface area contributed by atoms with Crippen LogP contribution in [0.2, 0.25) is 0 Å². The van der Waals surface area contributed by atoms with E-state index in [0.29, 0.717) is 19.4 Å². The molecule has 3 fully saturated rings. The maximum absolute atomic E-state index is 14.4. The number of primary amides is 1. The Balaban J connectivity index is 1.86. The fourth-order valence-corrected chi connectivity index (χ4v) is 8.94. The minimum absolute atomic E-state index is 0.0468. The molecule has 3 rings (SSSR count). The Hall–Kier alpha value is -2.70. The molecule has 268 valence electrons. The average Bonchev–Trinajstić information content (AvgIpc) is 3.17. The Morgan fingerprint density at radius 2 is 1.53 bits per heavy atom. The third-order valence-electron chi connectivity index (χ3n) is 10.5. The van der Waals surface area contributed by atoms with Crippen molar-refractivity contribution in [2.45, 2.75) is 137 Å². The number of urea groups is 1. The molecule has 2 saturated carbocycles. The summed E-state index contributed by atoms with van der Waals surface area (Å²) in [6.45, 7) is 20.3. The van der Waals surface area contributed by atoms with Crippen molar-refractivity contribution < 1.29 is 32.4 Å². The number of carbonyl (C=O) groups excluding carboxylic acids is 5. The molecule has 3 aliphatic rings. The van der Waals surface area contributed by atoms with Gasteiger partial charge >= 0.3 is 6.03 Å². The zero-order valence-electron chi connectivity index (χ0n) is 30.3. The van der Waals surface area contributed by atoms with Gasteiger partial charge in [-0.3, -0.25) is 19.2 Å². The number of hydrogen-bond acceptors (Lipinski definition) is 7. The van der Waals surface area contributed by atoms with Crippen LogP contribution < -0.4 is 21.7 Å². The lowest BCUT2D eigenvalue weighted by Gasteiger charge is -2.39. The lowest BCUT2D eigenvalue weighted by molar-refractivity contribution is -0.145. The minimum atomic E-state index is -3.60. The molecule has 47 heavy (non-hydrogen) atoms. The van der Waals surface area contributed by atoms with Gasteiger partial charge in [0.05, 0.1) is 22.1 Å². The molecule has 1 heterocycles. The first kappa shape index (κ1) is 38.7. The number of ketones is 1. The highest BCUT2D eigenvalue weighted by Crippen LogP contribution is 2.65. The van der Waals surface area contributed by atoms with Crippen molar-refractivity contribution in [1.82, 2.24) is 20.9 Å². The number of likely N-dealkylation sites (tertiary alicyclic amines) is 1. The Morgan fingerprint density at radius 3 is 1.98 bits per heavy atom. The van der Waals surface area contributed by atoms with Crippen LogP contribution in [0.3, 0.4) is 0 Å². The van der Waals surface area contributed by atoms with Gasteiger partial charge in [-0.2, -0.15) is 0 Å². The van der Waals surface area contributed by atoms with Crippen LogP contribution in [0.4, 0.5) is 4.79 Å². The molecule has 5 N–H and O–H groups in total. The summed E-state index contributed by atoms with van der Waals surface area (Å²) in [6, 6.07) is -3.69. The van der Waals surface area contributed by atoms with Gasteiger partial charge in [-0.15, -0.1) is 0 Å². The number of Topliss-reactive ketones (excluding diaryl/α,β-unsaturated/α-hetero) is 1. The van der Waals surface area contributed by atoms with Gasteiger partial charge in [0.2, 0.25) is 17.6 Å². The molecule has 12 nitrogen and oxygen atoms in total. The third kappa shape index (κ3) is 8.67. The first-order valence-corrected chi connectivity index (χ1v) is 18.6. The number of carbonyl (C=O) groups is 5. The Labute approximate surface area is 281 Å². The van der Waals surface area contributed by atoms with E-state index >= 15 is 0 Å². The highest BCUT2D eigenvalue weighted by Gasteiger charge is 2.70. The minimum Gasteiger partial charge on any atom is -0.363 e. The van der Waals surface area contributed by atoms with Crippen LogP contribution in [0.25, 0.3) is 0 Å². The van der Waals surface area contributed by atoms with Crippen LogP contribution in [0.5, 0.6) is 0 Å². The molecule has 1 aliphatic heterocycles. The van der Waals surface area contributed by atoms with E-state index in [1.807, 2.05) is 48.5 Å². The lowest BCUT2D eigenvalue weighted by atomic mass is 9.80. The van der Waals surface area contributed by atoms with Crippen molar-refractivity contribution >= 4 is 39.4 Å². The fraction of sp³-hybridized carbons (Fsp3) is 0.853. The summed E-state index contributed by atoms with van der Waals surface area (Å²) in [5.41, 5.74) is 3.23. The molecule has 1 saturated heterocycles. The molecular formula is C34H59N5O7S. The van der Waals surface area contributed by atoms with Gasteiger partial charge in [-0.1, -0.05) is 67.7 Å². The molecule has 0 spiro atoms. The summed E-state index contributed by atoms with van der Waals surface area (Å²) in [6.07, 6.45) is 3.55. The molecule has 2 unspecified atom stereocenters. The summed E-state index contributed by atoms with van der Waals surface area (Å²) in [5, 5.41) is 8.49. The fourth-order valence-electron chi connectivity index (χ4n) is 7.47. The molecule has 0 aromatic heterocycles. The van der Waals surface area contributed by atoms with Crippen molar-refractivity contribution in [3.8, 4) is 0 Å². The molecule has 5 amide bonds.